The summed E-state index contributed by atoms with van der Waals surface area (Å²) in [6, 6.07) is 0. The minimum atomic E-state index is -0.350. The molecule has 23 heavy (non-hydrogen) atoms. The Kier molecular flexibility index (Phi) is 4.53. The fraction of sp³-hybridized carbons (Fsp3) is 0.588. The van der Waals surface area contributed by atoms with Gasteiger partial charge >= 0.3 is 5.97 Å². The zero-order chi connectivity index (χ0) is 16.6. The van der Waals surface area contributed by atoms with Crippen molar-refractivity contribution >= 4 is 27.5 Å². The van der Waals surface area contributed by atoms with Crippen LogP contribution in [-0.2, 0) is 16.1 Å². The Morgan fingerprint density at radius 1 is 1.43 bits per heavy atom. The molecule has 0 amide bonds. The Bertz CT molecular complexity index is 793. The van der Waals surface area contributed by atoms with E-state index in [9.17, 15) is 9.59 Å². The summed E-state index contributed by atoms with van der Waals surface area (Å²) in [4.78, 5) is 30.8. The average Bonchev–Trinajstić information content (AvgIpc) is 2.78. The molecule has 6 heteroatoms. The van der Waals surface area contributed by atoms with Gasteiger partial charge in [-0.3, -0.25) is 14.2 Å². The molecule has 1 fully saturated rings. The third-order valence-electron chi connectivity index (χ3n) is 4.64. The van der Waals surface area contributed by atoms with Crippen molar-refractivity contribution in [1.29, 1.82) is 0 Å². The molecule has 5 nitrogen and oxygen atoms in total. The Hall–Kier alpha value is -1.69. The van der Waals surface area contributed by atoms with Crippen LogP contribution in [0.25, 0.3) is 10.2 Å². The van der Waals surface area contributed by atoms with E-state index in [4.69, 9.17) is 4.74 Å². The number of hydrogen-bond acceptors (Lipinski definition) is 5. The van der Waals surface area contributed by atoms with Gasteiger partial charge in [0.25, 0.3) is 5.56 Å². The molecule has 0 radical (unpaired) electrons. The van der Waals surface area contributed by atoms with Crippen LogP contribution in [0.4, 0.5) is 0 Å². The van der Waals surface area contributed by atoms with Gasteiger partial charge < -0.3 is 4.74 Å². The van der Waals surface area contributed by atoms with Crippen molar-refractivity contribution in [2.24, 2.45) is 5.92 Å². The monoisotopic (exact) mass is 334 g/mol. The zero-order valence-corrected chi connectivity index (χ0v) is 14.6. The minimum Gasteiger partial charge on any atom is -0.461 e. The molecular weight excluding hydrogens is 312 g/mol. The number of nitrogens with zero attached hydrogens (tertiary/aromatic N) is 2. The first kappa shape index (κ1) is 16.2. The summed E-state index contributed by atoms with van der Waals surface area (Å²) in [5.41, 5.74) is 0.789. The van der Waals surface area contributed by atoms with Crippen molar-refractivity contribution in [2.45, 2.75) is 59.1 Å². The van der Waals surface area contributed by atoms with E-state index < -0.39 is 0 Å². The molecule has 0 aromatic carbocycles. The summed E-state index contributed by atoms with van der Waals surface area (Å²) in [7, 11) is 0. The SMILES string of the molecule is Cc1sc2ncn(CC(=O)OC3CCCC(C)C3)c(=O)c2c1C. The normalized spacial score (nSPS) is 21.5. The first-order valence-corrected chi connectivity index (χ1v) is 8.92. The van der Waals surface area contributed by atoms with Crippen LogP contribution in [0.5, 0.6) is 0 Å². The van der Waals surface area contributed by atoms with Crippen molar-refractivity contribution in [3.8, 4) is 0 Å². The lowest BCUT2D eigenvalue weighted by molar-refractivity contribution is -0.152. The molecule has 0 aliphatic heterocycles. The molecular formula is C17H22N2O3S. The number of esters is 1. The Morgan fingerprint density at radius 3 is 2.96 bits per heavy atom. The van der Waals surface area contributed by atoms with Gasteiger partial charge in [0.1, 0.15) is 17.5 Å². The predicted molar refractivity (Wildman–Crippen MR) is 90.9 cm³/mol. The van der Waals surface area contributed by atoms with Crippen LogP contribution in [0.3, 0.4) is 0 Å². The van der Waals surface area contributed by atoms with Crippen LogP contribution >= 0.6 is 11.3 Å². The maximum Gasteiger partial charge on any atom is 0.326 e. The molecule has 0 bridgehead atoms. The first-order chi connectivity index (χ1) is 11.0. The highest BCUT2D eigenvalue weighted by Crippen LogP contribution is 2.26. The molecule has 124 valence electrons. The standard InChI is InChI=1S/C17H22N2O3S/c1-10-5-4-6-13(7-10)22-14(20)8-19-9-18-16-15(17(19)21)11(2)12(3)23-16/h9-10,13H,4-8H2,1-3H3. The predicted octanol–water partition coefficient (Wildman–Crippen LogP) is 3.20. The molecule has 1 aliphatic rings. The zero-order valence-electron chi connectivity index (χ0n) is 13.8. The van der Waals surface area contributed by atoms with E-state index in [1.807, 2.05) is 13.8 Å². The van der Waals surface area contributed by atoms with Gasteiger partial charge in [0.2, 0.25) is 0 Å². The highest BCUT2D eigenvalue weighted by atomic mass is 32.1. The molecule has 1 aliphatic carbocycles. The number of carbonyl (C=O) groups is 1. The molecule has 2 atom stereocenters. The lowest BCUT2D eigenvalue weighted by Crippen LogP contribution is -2.30. The summed E-state index contributed by atoms with van der Waals surface area (Å²) < 4.78 is 6.90. The van der Waals surface area contributed by atoms with Gasteiger partial charge in [-0.2, -0.15) is 0 Å². The molecule has 1 saturated carbocycles. The fourth-order valence-electron chi connectivity index (χ4n) is 3.23. The van der Waals surface area contributed by atoms with Gasteiger partial charge in [-0.05, 0) is 44.6 Å². The summed E-state index contributed by atoms with van der Waals surface area (Å²) in [6.07, 6.45) is 5.57. The van der Waals surface area contributed by atoms with Crippen molar-refractivity contribution in [3.63, 3.8) is 0 Å². The van der Waals surface area contributed by atoms with E-state index in [-0.39, 0.29) is 24.2 Å². The fourth-order valence-corrected chi connectivity index (χ4v) is 4.22. The smallest absolute Gasteiger partial charge is 0.326 e. The van der Waals surface area contributed by atoms with Crippen LogP contribution < -0.4 is 5.56 Å². The third kappa shape index (κ3) is 3.32. The summed E-state index contributed by atoms with van der Waals surface area (Å²) in [6.45, 7) is 6.01. The molecule has 2 aromatic rings. The second-order valence-corrected chi connectivity index (χ2v) is 7.73. The van der Waals surface area contributed by atoms with Crippen LogP contribution in [-0.4, -0.2) is 21.6 Å². The molecule has 0 spiro atoms. The average molecular weight is 334 g/mol. The van der Waals surface area contributed by atoms with Gasteiger partial charge in [-0.25, -0.2) is 4.98 Å². The molecule has 3 rings (SSSR count). The van der Waals surface area contributed by atoms with Gasteiger partial charge in [0.05, 0.1) is 11.7 Å². The first-order valence-electron chi connectivity index (χ1n) is 8.10. The van der Waals surface area contributed by atoms with Crippen LogP contribution in [0.2, 0.25) is 0 Å². The maximum atomic E-state index is 12.6. The maximum absolute atomic E-state index is 12.6. The third-order valence-corrected chi connectivity index (χ3v) is 5.76. The van der Waals surface area contributed by atoms with Crippen LogP contribution in [0, 0.1) is 19.8 Å². The molecule has 2 aromatic heterocycles. The number of ether oxygens (including phenoxy) is 1. The van der Waals surface area contributed by atoms with Crippen LogP contribution in [0.15, 0.2) is 11.1 Å². The Labute approximate surface area is 139 Å². The highest BCUT2D eigenvalue weighted by Gasteiger charge is 2.22. The lowest BCUT2D eigenvalue weighted by Gasteiger charge is -2.26. The van der Waals surface area contributed by atoms with Crippen molar-refractivity contribution in [3.05, 3.63) is 27.1 Å². The van der Waals surface area contributed by atoms with E-state index in [0.29, 0.717) is 11.3 Å². The molecule has 2 unspecified atom stereocenters. The highest BCUT2D eigenvalue weighted by molar-refractivity contribution is 7.18. The topological polar surface area (TPSA) is 61.2 Å². The quantitative estimate of drug-likeness (QED) is 0.809. The number of aryl methyl sites for hydroxylation is 2. The summed E-state index contributed by atoms with van der Waals surface area (Å²) >= 11 is 1.51. The van der Waals surface area contributed by atoms with E-state index >= 15 is 0 Å². The Morgan fingerprint density at radius 2 is 2.22 bits per heavy atom. The second kappa shape index (κ2) is 6.43. The van der Waals surface area contributed by atoms with Gasteiger partial charge in [0, 0.05) is 4.88 Å². The van der Waals surface area contributed by atoms with E-state index in [0.717, 1.165) is 34.5 Å². The largest absolute Gasteiger partial charge is 0.461 e. The van der Waals surface area contributed by atoms with Crippen LogP contribution in [0.1, 0.15) is 43.0 Å². The molecule has 0 N–H and O–H groups in total. The van der Waals surface area contributed by atoms with Crippen molar-refractivity contribution < 1.29 is 9.53 Å². The molecule has 2 heterocycles. The van der Waals surface area contributed by atoms with E-state index in [1.165, 1.54) is 28.7 Å². The van der Waals surface area contributed by atoms with Gasteiger partial charge in [-0.15, -0.1) is 11.3 Å². The second-order valence-electron chi connectivity index (χ2n) is 6.52. The number of aromatic nitrogens is 2. The number of rotatable bonds is 3. The van der Waals surface area contributed by atoms with Crippen molar-refractivity contribution in [1.82, 2.24) is 9.55 Å². The minimum absolute atomic E-state index is 0.0104. The Balaban J connectivity index is 1.76. The lowest BCUT2D eigenvalue weighted by atomic mass is 9.89. The number of fused-ring (bicyclic) bond motifs is 1. The number of carbonyl (C=O) groups excluding carboxylic acids is 1. The van der Waals surface area contributed by atoms with Crippen molar-refractivity contribution in [2.75, 3.05) is 0 Å². The number of thiophene rings is 1. The van der Waals surface area contributed by atoms with E-state index in [1.54, 1.807) is 0 Å². The molecule has 0 saturated heterocycles. The van der Waals surface area contributed by atoms with Gasteiger partial charge in [0.15, 0.2) is 0 Å². The van der Waals surface area contributed by atoms with E-state index in [2.05, 4.69) is 11.9 Å². The number of hydrogen-bond donors (Lipinski definition) is 0. The summed E-state index contributed by atoms with van der Waals surface area (Å²) in [5, 5.41) is 0.620. The summed E-state index contributed by atoms with van der Waals surface area (Å²) in [5.74, 6) is 0.246. The van der Waals surface area contributed by atoms with Gasteiger partial charge in [-0.1, -0.05) is 13.3 Å².